The molecule has 0 saturated carbocycles. The van der Waals surface area contributed by atoms with Gasteiger partial charge in [0.25, 0.3) is 0 Å². The van der Waals surface area contributed by atoms with E-state index >= 15 is 0 Å². The standard InChI is InChI=1S/C9H5ClF3N/c10-8-5-6(3-4-14)1-2-7(8)9(11,12)13/h1-2,5H,3H2. The summed E-state index contributed by atoms with van der Waals surface area (Å²) in [5.74, 6) is 0. The Labute approximate surface area is 83.7 Å². The van der Waals surface area contributed by atoms with Gasteiger partial charge in [-0.2, -0.15) is 18.4 Å². The van der Waals surface area contributed by atoms with Gasteiger partial charge in [-0.3, -0.25) is 0 Å². The smallest absolute Gasteiger partial charge is 0.198 e. The van der Waals surface area contributed by atoms with Crippen LogP contribution in [0.1, 0.15) is 11.1 Å². The van der Waals surface area contributed by atoms with E-state index in [9.17, 15) is 13.2 Å². The molecular weight excluding hydrogens is 215 g/mol. The van der Waals surface area contributed by atoms with Crippen LogP contribution < -0.4 is 0 Å². The van der Waals surface area contributed by atoms with Crippen LogP contribution in [-0.4, -0.2) is 0 Å². The molecule has 0 unspecified atom stereocenters. The summed E-state index contributed by atoms with van der Waals surface area (Å²) in [5, 5.41) is 7.95. The third-order valence-electron chi connectivity index (χ3n) is 1.62. The van der Waals surface area contributed by atoms with Gasteiger partial charge < -0.3 is 0 Å². The molecule has 0 N–H and O–H groups in total. The van der Waals surface area contributed by atoms with E-state index in [0.29, 0.717) is 5.56 Å². The summed E-state index contributed by atoms with van der Waals surface area (Å²) >= 11 is 5.42. The van der Waals surface area contributed by atoms with E-state index in [1.54, 1.807) is 0 Å². The molecule has 14 heavy (non-hydrogen) atoms. The number of nitrogens with zero attached hydrogens (tertiary/aromatic N) is 1. The second-order valence-corrected chi connectivity index (χ2v) is 3.05. The van der Waals surface area contributed by atoms with Crippen LogP contribution >= 0.6 is 11.6 Å². The van der Waals surface area contributed by atoms with E-state index in [4.69, 9.17) is 16.9 Å². The molecule has 0 amide bonds. The molecule has 0 aromatic heterocycles. The summed E-state index contributed by atoms with van der Waals surface area (Å²) in [6.45, 7) is 0. The van der Waals surface area contributed by atoms with E-state index in [-0.39, 0.29) is 11.4 Å². The second-order valence-electron chi connectivity index (χ2n) is 2.65. The molecule has 0 aliphatic rings. The monoisotopic (exact) mass is 219 g/mol. The highest BCUT2D eigenvalue weighted by Crippen LogP contribution is 2.34. The first kappa shape index (κ1) is 10.9. The molecule has 0 aliphatic heterocycles. The summed E-state index contributed by atoms with van der Waals surface area (Å²) < 4.78 is 36.7. The van der Waals surface area contributed by atoms with Crippen molar-refractivity contribution in [1.29, 1.82) is 5.26 Å². The molecule has 5 heteroatoms. The number of rotatable bonds is 1. The molecule has 0 radical (unpaired) electrons. The van der Waals surface area contributed by atoms with E-state index in [0.717, 1.165) is 12.1 Å². The van der Waals surface area contributed by atoms with Crippen LogP contribution in [0, 0.1) is 11.3 Å². The van der Waals surface area contributed by atoms with E-state index in [1.165, 1.54) is 6.07 Å². The normalized spacial score (nSPS) is 11.1. The molecule has 74 valence electrons. The zero-order valence-electron chi connectivity index (χ0n) is 6.90. The molecule has 0 bridgehead atoms. The maximum Gasteiger partial charge on any atom is 0.417 e. The highest BCUT2D eigenvalue weighted by Gasteiger charge is 2.32. The van der Waals surface area contributed by atoms with Gasteiger partial charge in [-0.1, -0.05) is 17.7 Å². The van der Waals surface area contributed by atoms with Gasteiger partial charge in [-0.15, -0.1) is 0 Å². The van der Waals surface area contributed by atoms with Crippen LogP contribution in [0.15, 0.2) is 18.2 Å². The molecule has 1 rings (SSSR count). The van der Waals surface area contributed by atoms with Gasteiger partial charge in [0.15, 0.2) is 0 Å². The zero-order valence-corrected chi connectivity index (χ0v) is 7.65. The van der Waals surface area contributed by atoms with Crippen molar-refractivity contribution in [2.24, 2.45) is 0 Å². The van der Waals surface area contributed by atoms with Crippen LogP contribution in [-0.2, 0) is 12.6 Å². The fourth-order valence-electron chi connectivity index (χ4n) is 0.990. The third kappa shape index (κ3) is 2.39. The summed E-state index contributed by atoms with van der Waals surface area (Å²) in [5.41, 5.74) is -0.397. The lowest BCUT2D eigenvalue weighted by Gasteiger charge is -2.08. The summed E-state index contributed by atoms with van der Waals surface area (Å²) in [7, 11) is 0. The van der Waals surface area contributed by atoms with Crippen LogP contribution in [0.5, 0.6) is 0 Å². The molecule has 0 heterocycles. The highest BCUT2D eigenvalue weighted by molar-refractivity contribution is 6.31. The molecule has 1 nitrogen and oxygen atoms in total. The quantitative estimate of drug-likeness (QED) is 0.710. The Morgan fingerprint density at radius 2 is 2.00 bits per heavy atom. The van der Waals surface area contributed by atoms with Crippen molar-refractivity contribution in [3.8, 4) is 6.07 Å². The fourth-order valence-corrected chi connectivity index (χ4v) is 1.30. The molecule has 1 aromatic rings. The van der Waals surface area contributed by atoms with Gasteiger partial charge in [0.2, 0.25) is 0 Å². The molecule has 0 aliphatic carbocycles. The van der Waals surface area contributed by atoms with Crippen LogP contribution in [0.25, 0.3) is 0 Å². The summed E-state index contributed by atoms with van der Waals surface area (Å²) in [6, 6.07) is 5.12. The number of hydrogen-bond donors (Lipinski definition) is 0. The van der Waals surface area contributed by atoms with Crippen molar-refractivity contribution in [2.45, 2.75) is 12.6 Å². The van der Waals surface area contributed by atoms with E-state index in [1.807, 2.05) is 6.07 Å². The van der Waals surface area contributed by atoms with Gasteiger partial charge in [0, 0.05) is 0 Å². The van der Waals surface area contributed by atoms with Crippen molar-refractivity contribution >= 4 is 11.6 Å². The lowest BCUT2D eigenvalue weighted by atomic mass is 10.1. The Balaban J connectivity index is 3.09. The van der Waals surface area contributed by atoms with Crippen molar-refractivity contribution in [3.05, 3.63) is 34.3 Å². The van der Waals surface area contributed by atoms with Gasteiger partial charge in [-0.25, -0.2) is 0 Å². The summed E-state index contributed by atoms with van der Waals surface area (Å²) in [4.78, 5) is 0. The first-order valence-corrected chi connectivity index (χ1v) is 4.05. The first-order chi connectivity index (χ1) is 6.45. The Morgan fingerprint density at radius 3 is 2.43 bits per heavy atom. The maximum atomic E-state index is 12.2. The Bertz CT molecular complexity index is 379. The van der Waals surface area contributed by atoms with Crippen molar-refractivity contribution in [2.75, 3.05) is 0 Å². The zero-order chi connectivity index (χ0) is 10.8. The minimum Gasteiger partial charge on any atom is -0.198 e. The van der Waals surface area contributed by atoms with Gasteiger partial charge in [0.05, 0.1) is 23.1 Å². The topological polar surface area (TPSA) is 23.8 Å². The molecule has 1 aromatic carbocycles. The van der Waals surface area contributed by atoms with Crippen LogP contribution in [0.3, 0.4) is 0 Å². The predicted molar refractivity (Wildman–Crippen MR) is 45.8 cm³/mol. The van der Waals surface area contributed by atoms with Gasteiger partial charge in [-0.05, 0) is 17.7 Å². The van der Waals surface area contributed by atoms with Crippen LogP contribution in [0.2, 0.25) is 5.02 Å². The molecular formula is C9H5ClF3N. The third-order valence-corrected chi connectivity index (χ3v) is 1.93. The SMILES string of the molecule is N#CCc1ccc(C(F)(F)F)c(Cl)c1. The first-order valence-electron chi connectivity index (χ1n) is 3.67. The average Bonchev–Trinajstić information content (AvgIpc) is 2.02. The average molecular weight is 220 g/mol. The van der Waals surface area contributed by atoms with Crippen molar-refractivity contribution in [1.82, 2.24) is 0 Å². The minimum atomic E-state index is -4.44. The lowest BCUT2D eigenvalue weighted by molar-refractivity contribution is -0.137. The minimum absolute atomic E-state index is 0.0534. The summed E-state index contributed by atoms with van der Waals surface area (Å²) in [6.07, 6.45) is -4.39. The number of hydrogen-bond acceptors (Lipinski definition) is 1. The predicted octanol–water partition coefficient (Wildman–Crippen LogP) is 3.42. The highest BCUT2D eigenvalue weighted by atomic mass is 35.5. The number of nitriles is 1. The number of alkyl halides is 3. The maximum absolute atomic E-state index is 12.2. The molecule has 0 spiro atoms. The Hall–Kier alpha value is -1.21. The van der Waals surface area contributed by atoms with Crippen molar-refractivity contribution < 1.29 is 13.2 Å². The van der Waals surface area contributed by atoms with Gasteiger partial charge >= 0.3 is 6.18 Å². The fraction of sp³-hybridized carbons (Fsp3) is 0.222. The molecule has 0 saturated heterocycles. The Morgan fingerprint density at radius 1 is 1.36 bits per heavy atom. The van der Waals surface area contributed by atoms with Gasteiger partial charge in [0.1, 0.15) is 0 Å². The van der Waals surface area contributed by atoms with E-state index in [2.05, 4.69) is 0 Å². The molecule has 0 atom stereocenters. The lowest BCUT2D eigenvalue weighted by Crippen LogP contribution is -2.05. The largest absolute Gasteiger partial charge is 0.417 e. The second kappa shape index (κ2) is 3.89. The van der Waals surface area contributed by atoms with Crippen molar-refractivity contribution in [3.63, 3.8) is 0 Å². The number of halogens is 4. The van der Waals surface area contributed by atoms with E-state index < -0.39 is 11.7 Å². The Kier molecular flexibility index (Phi) is 3.02. The molecule has 0 fully saturated rings. The number of benzene rings is 1. The van der Waals surface area contributed by atoms with Crippen LogP contribution in [0.4, 0.5) is 13.2 Å².